The standard InChI is InChI=1S/C13H22N4/c1-10-14-8-5-12(17-10)16-9-11-13(2,3)6-4-7-15-11/h5,8,11,15H,4,6-7,9H2,1-3H3,(H,14,16,17). The molecule has 4 nitrogen and oxygen atoms in total. The molecular formula is C13H22N4. The molecule has 1 aliphatic heterocycles. The maximum absolute atomic E-state index is 4.36. The largest absolute Gasteiger partial charge is 0.368 e. The molecule has 0 aliphatic carbocycles. The zero-order valence-electron chi connectivity index (χ0n) is 11.0. The molecule has 4 heteroatoms. The Hall–Kier alpha value is -1.16. The predicted octanol–water partition coefficient (Wildman–Crippen LogP) is 1.98. The molecule has 94 valence electrons. The van der Waals surface area contributed by atoms with Gasteiger partial charge in [0.2, 0.25) is 0 Å². The van der Waals surface area contributed by atoms with Crippen molar-refractivity contribution in [2.75, 3.05) is 18.4 Å². The minimum absolute atomic E-state index is 0.354. The molecule has 0 bridgehead atoms. The first-order chi connectivity index (χ1) is 8.08. The zero-order valence-corrected chi connectivity index (χ0v) is 11.0. The lowest BCUT2D eigenvalue weighted by Crippen LogP contribution is -2.50. The highest BCUT2D eigenvalue weighted by Crippen LogP contribution is 2.29. The molecule has 1 unspecified atom stereocenters. The van der Waals surface area contributed by atoms with E-state index in [4.69, 9.17) is 0 Å². The number of anilines is 1. The average Bonchev–Trinajstić information content (AvgIpc) is 2.27. The van der Waals surface area contributed by atoms with Crippen LogP contribution in [0, 0.1) is 12.3 Å². The fourth-order valence-corrected chi connectivity index (χ4v) is 2.38. The van der Waals surface area contributed by atoms with Gasteiger partial charge in [-0.25, -0.2) is 9.97 Å². The molecule has 0 saturated carbocycles. The van der Waals surface area contributed by atoms with Crippen LogP contribution in [0.1, 0.15) is 32.5 Å². The van der Waals surface area contributed by atoms with Crippen LogP contribution in [0.5, 0.6) is 0 Å². The first-order valence-corrected chi connectivity index (χ1v) is 6.35. The number of nitrogens with one attached hydrogen (secondary N) is 2. The number of piperidine rings is 1. The summed E-state index contributed by atoms with van der Waals surface area (Å²) >= 11 is 0. The zero-order chi connectivity index (χ0) is 12.3. The third-order valence-corrected chi connectivity index (χ3v) is 3.60. The molecule has 1 aromatic heterocycles. The molecule has 0 spiro atoms. The summed E-state index contributed by atoms with van der Waals surface area (Å²) in [7, 11) is 0. The van der Waals surface area contributed by atoms with Gasteiger partial charge >= 0.3 is 0 Å². The first kappa shape index (κ1) is 12.3. The van der Waals surface area contributed by atoms with Crippen molar-refractivity contribution in [1.29, 1.82) is 0 Å². The summed E-state index contributed by atoms with van der Waals surface area (Å²) in [6.45, 7) is 8.61. The third kappa shape index (κ3) is 3.16. The molecule has 0 radical (unpaired) electrons. The molecule has 17 heavy (non-hydrogen) atoms. The summed E-state index contributed by atoms with van der Waals surface area (Å²) in [5, 5.41) is 6.99. The van der Waals surface area contributed by atoms with Crippen molar-refractivity contribution in [3.63, 3.8) is 0 Å². The molecule has 1 saturated heterocycles. The van der Waals surface area contributed by atoms with Gasteiger partial charge in [-0.2, -0.15) is 0 Å². The van der Waals surface area contributed by atoms with Gasteiger partial charge in [-0.05, 0) is 37.8 Å². The number of hydrogen-bond donors (Lipinski definition) is 2. The van der Waals surface area contributed by atoms with E-state index in [1.165, 1.54) is 12.8 Å². The Morgan fingerprint density at radius 2 is 2.35 bits per heavy atom. The summed E-state index contributed by atoms with van der Waals surface area (Å²) in [6, 6.07) is 2.43. The smallest absolute Gasteiger partial charge is 0.129 e. The third-order valence-electron chi connectivity index (χ3n) is 3.60. The minimum Gasteiger partial charge on any atom is -0.368 e. The molecule has 1 fully saturated rings. The Labute approximate surface area is 103 Å². The van der Waals surface area contributed by atoms with Crippen molar-refractivity contribution in [2.24, 2.45) is 5.41 Å². The number of aromatic nitrogens is 2. The van der Waals surface area contributed by atoms with Crippen LogP contribution in [-0.2, 0) is 0 Å². The molecule has 1 aromatic rings. The van der Waals surface area contributed by atoms with Crippen molar-refractivity contribution < 1.29 is 0 Å². The van der Waals surface area contributed by atoms with E-state index in [9.17, 15) is 0 Å². The fraction of sp³-hybridized carbons (Fsp3) is 0.692. The number of rotatable bonds is 3. The molecule has 0 aromatic carbocycles. The van der Waals surface area contributed by atoms with Crippen LogP contribution in [0.25, 0.3) is 0 Å². The molecule has 2 rings (SSSR count). The molecule has 0 amide bonds. The van der Waals surface area contributed by atoms with Crippen LogP contribution >= 0.6 is 0 Å². The highest BCUT2D eigenvalue weighted by molar-refractivity contribution is 5.33. The molecule has 1 atom stereocenters. The van der Waals surface area contributed by atoms with E-state index in [0.29, 0.717) is 11.5 Å². The second-order valence-electron chi connectivity index (χ2n) is 5.47. The van der Waals surface area contributed by atoms with Crippen molar-refractivity contribution in [3.8, 4) is 0 Å². The van der Waals surface area contributed by atoms with Gasteiger partial charge in [-0.15, -0.1) is 0 Å². The summed E-state index contributed by atoms with van der Waals surface area (Å²) in [5.41, 5.74) is 0.354. The lowest BCUT2D eigenvalue weighted by atomic mass is 9.77. The highest BCUT2D eigenvalue weighted by atomic mass is 15.1. The summed E-state index contributed by atoms with van der Waals surface area (Å²) < 4.78 is 0. The quantitative estimate of drug-likeness (QED) is 0.839. The predicted molar refractivity (Wildman–Crippen MR) is 70.1 cm³/mol. The van der Waals surface area contributed by atoms with Crippen LogP contribution in [-0.4, -0.2) is 29.1 Å². The second-order valence-corrected chi connectivity index (χ2v) is 5.47. The number of aryl methyl sites for hydroxylation is 1. The Morgan fingerprint density at radius 3 is 3.06 bits per heavy atom. The maximum atomic E-state index is 4.36. The lowest BCUT2D eigenvalue weighted by Gasteiger charge is -2.39. The SMILES string of the molecule is Cc1nccc(NCC2NCCCC2(C)C)n1. The van der Waals surface area contributed by atoms with Crippen molar-refractivity contribution in [1.82, 2.24) is 15.3 Å². The number of nitrogens with zero attached hydrogens (tertiary/aromatic N) is 2. The second kappa shape index (κ2) is 5.00. The Morgan fingerprint density at radius 1 is 1.53 bits per heavy atom. The summed E-state index contributed by atoms with van der Waals surface area (Å²) in [5.74, 6) is 1.73. The minimum atomic E-state index is 0.354. The van der Waals surface area contributed by atoms with Gasteiger partial charge in [0.05, 0.1) is 0 Å². The highest BCUT2D eigenvalue weighted by Gasteiger charge is 2.31. The van der Waals surface area contributed by atoms with Gasteiger partial charge in [-0.1, -0.05) is 13.8 Å². The summed E-state index contributed by atoms with van der Waals surface area (Å²) in [4.78, 5) is 8.45. The van der Waals surface area contributed by atoms with Crippen molar-refractivity contribution in [3.05, 3.63) is 18.1 Å². The summed E-state index contributed by atoms with van der Waals surface area (Å²) in [6.07, 6.45) is 4.36. The normalized spacial score (nSPS) is 23.4. The fourth-order valence-electron chi connectivity index (χ4n) is 2.38. The van der Waals surface area contributed by atoms with E-state index in [1.807, 2.05) is 13.0 Å². The van der Waals surface area contributed by atoms with Crippen LogP contribution in [0.3, 0.4) is 0 Å². The van der Waals surface area contributed by atoms with Gasteiger partial charge in [0.15, 0.2) is 0 Å². The van der Waals surface area contributed by atoms with E-state index in [-0.39, 0.29) is 0 Å². The monoisotopic (exact) mass is 234 g/mol. The van der Waals surface area contributed by atoms with Gasteiger partial charge in [0, 0.05) is 18.8 Å². The molecule has 2 heterocycles. The first-order valence-electron chi connectivity index (χ1n) is 6.35. The van der Waals surface area contributed by atoms with Crippen LogP contribution < -0.4 is 10.6 Å². The average molecular weight is 234 g/mol. The van der Waals surface area contributed by atoms with E-state index < -0.39 is 0 Å². The molecule has 1 aliphatic rings. The lowest BCUT2D eigenvalue weighted by molar-refractivity contribution is 0.188. The van der Waals surface area contributed by atoms with E-state index in [1.54, 1.807) is 6.20 Å². The van der Waals surface area contributed by atoms with Gasteiger partial charge in [-0.3, -0.25) is 0 Å². The molecule has 2 N–H and O–H groups in total. The van der Waals surface area contributed by atoms with Crippen molar-refractivity contribution >= 4 is 5.82 Å². The van der Waals surface area contributed by atoms with Crippen LogP contribution in [0.15, 0.2) is 12.3 Å². The van der Waals surface area contributed by atoms with Crippen molar-refractivity contribution in [2.45, 2.75) is 39.7 Å². The van der Waals surface area contributed by atoms with Gasteiger partial charge < -0.3 is 10.6 Å². The van der Waals surface area contributed by atoms with E-state index in [2.05, 4.69) is 34.4 Å². The topological polar surface area (TPSA) is 49.8 Å². The Bertz CT molecular complexity index is 375. The van der Waals surface area contributed by atoms with Crippen LogP contribution in [0.2, 0.25) is 0 Å². The van der Waals surface area contributed by atoms with E-state index >= 15 is 0 Å². The molecular weight excluding hydrogens is 212 g/mol. The van der Waals surface area contributed by atoms with E-state index in [0.717, 1.165) is 24.7 Å². The van der Waals surface area contributed by atoms with Gasteiger partial charge in [0.1, 0.15) is 11.6 Å². The van der Waals surface area contributed by atoms with Gasteiger partial charge in [0.25, 0.3) is 0 Å². The number of hydrogen-bond acceptors (Lipinski definition) is 4. The Kier molecular flexibility index (Phi) is 3.62. The maximum Gasteiger partial charge on any atom is 0.129 e. The Balaban J connectivity index is 1.93. The van der Waals surface area contributed by atoms with Crippen LogP contribution in [0.4, 0.5) is 5.82 Å².